The van der Waals surface area contributed by atoms with E-state index in [1.165, 1.54) is 25.0 Å². The zero-order valence-electron chi connectivity index (χ0n) is 25.5. The largest absolute Gasteiger partial charge is 0.462 e. The topological polar surface area (TPSA) is 116 Å². The Bertz CT molecular complexity index is 1160. The van der Waals surface area contributed by atoms with Crippen LogP contribution in [0.4, 0.5) is 0 Å². The lowest BCUT2D eigenvalue weighted by Gasteiger charge is -2.50. The molecule has 0 saturated carbocycles. The van der Waals surface area contributed by atoms with Crippen molar-refractivity contribution in [3.8, 4) is 0 Å². The third-order valence-corrected chi connectivity index (χ3v) is 9.61. The number of aliphatic hydroxyl groups excluding tert-OH is 1. The summed E-state index contributed by atoms with van der Waals surface area (Å²) in [6.45, 7) is 8.71. The lowest BCUT2D eigenvalue weighted by Crippen LogP contribution is -2.58. The Hall–Kier alpha value is -2.30. The molecule has 9 nitrogen and oxygen atoms in total. The van der Waals surface area contributed by atoms with E-state index in [1.807, 2.05) is 6.08 Å². The van der Waals surface area contributed by atoms with E-state index in [0.717, 1.165) is 25.7 Å². The van der Waals surface area contributed by atoms with Crippen LogP contribution in [0.1, 0.15) is 72.6 Å². The van der Waals surface area contributed by atoms with Gasteiger partial charge in [-0.05, 0) is 50.0 Å². The van der Waals surface area contributed by atoms with Gasteiger partial charge >= 0.3 is 5.97 Å². The molecule has 3 saturated heterocycles. The molecule has 3 fully saturated rings. The number of carbonyl (C=O) groups is 1. The minimum Gasteiger partial charge on any atom is -0.462 e. The van der Waals surface area contributed by atoms with E-state index >= 15 is 0 Å². The molecule has 4 aliphatic heterocycles. The summed E-state index contributed by atoms with van der Waals surface area (Å²) in [5, 5.41) is 27.1. The molecular formula is C33H47NO8. The van der Waals surface area contributed by atoms with Gasteiger partial charge in [-0.3, -0.25) is 4.79 Å². The lowest BCUT2D eigenvalue weighted by atomic mass is 9.70. The normalized spacial score (nSPS) is 46.2. The standard InChI is InChI=1S/C33H47NO8/c1-6-28-22(4)12-13-32(42-28)17-26-16-25(41-32)11-10-21(3)14-20(2)8-7-9-24-19-39-30-29(35)23(18-34-38-5)15-27(31(36)40-26)33(24,30)37/h7-10,15,18,20,22,25-30,35,37H,6,11-14,16-17,19H2,1-5H3/b8-7+,21-10+,24-9+,34-18+/t20-,22-,25+,26-,27-,28+,29+,30+,32+,33+/m0/s1. The molecule has 0 aromatic heterocycles. The van der Waals surface area contributed by atoms with E-state index in [-0.39, 0.29) is 24.7 Å². The number of allylic oxidation sites excluding steroid dienone is 4. The van der Waals surface area contributed by atoms with Crippen LogP contribution in [-0.4, -0.2) is 78.0 Å². The van der Waals surface area contributed by atoms with Crippen molar-refractivity contribution < 1.29 is 38.8 Å². The van der Waals surface area contributed by atoms with Gasteiger partial charge in [0.25, 0.3) is 0 Å². The van der Waals surface area contributed by atoms with Gasteiger partial charge in [0.1, 0.15) is 36.9 Å². The number of hydrogen-bond donors (Lipinski definition) is 2. The summed E-state index contributed by atoms with van der Waals surface area (Å²) in [5.74, 6) is -1.83. The quantitative estimate of drug-likeness (QED) is 0.215. The van der Waals surface area contributed by atoms with Gasteiger partial charge in [0.05, 0.1) is 25.0 Å². The highest BCUT2D eigenvalue weighted by Gasteiger charge is 2.60. The van der Waals surface area contributed by atoms with Gasteiger partial charge in [-0.25, -0.2) is 0 Å². The van der Waals surface area contributed by atoms with Crippen LogP contribution in [0.5, 0.6) is 0 Å². The molecule has 4 heterocycles. The smallest absolute Gasteiger partial charge is 0.316 e. The monoisotopic (exact) mass is 585 g/mol. The highest BCUT2D eigenvalue weighted by atomic mass is 16.7. The molecule has 0 radical (unpaired) electrons. The zero-order chi connectivity index (χ0) is 30.1. The van der Waals surface area contributed by atoms with E-state index in [9.17, 15) is 15.0 Å². The van der Waals surface area contributed by atoms with Crippen molar-refractivity contribution in [2.45, 2.75) is 115 Å². The van der Waals surface area contributed by atoms with Crippen molar-refractivity contribution in [3.63, 3.8) is 0 Å². The first-order valence-corrected chi connectivity index (χ1v) is 15.5. The molecule has 1 aliphatic carbocycles. The first-order chi connectivity index (χ1) is 20.1. The van der Waals surface area contributed by atoms with Crippen LogP contribution in [0, 0.1) is 17.8 Å². The second-order valence-electron chi connectivity index (χ2n) is 12.8. The third-order valence-electron chi connectivity index (χ3n) is 9.61. The molecule has 10 atom stereocenters. The van der Waals surface area contributed by atoms with Crippen LogP contribution in [0.3, 0.4) is 0 Å². The number of esters is 1. The molecular weight excluding hydrogens is 538 g/mol. The molecule has 1 spiro atoms. The molecule has 0 aromatic carbocycles. The Morgan fingerprint density at radius 2 is 2.05 bits per heavy atom. The fourth-order valence-electron chi connectivity index (χ4n) is 7.32. The highest BCUT2D eigenvalue weighted by molar-refractivity contribution is 5.85. The van der Waals surface area contributed by atoms with Crippen molar-refractivity contribution in [3.05, 3.63) is 47.1 Å². The summed E-state index contributed by atoms with van der Waals surface area (Å²) in [4.78, 5) is 18.9. The van der Waals surface area contributed by atoms with Crippen LogP contribution in [-0.2, 0) is 28.6 Å². The molecule has 0 unspecified atom stereocenters. The number of nitrogens with zero attached hydrogens (tertiary/aromatic N) is 1. The van der Waals surface area contributed by atoms with E-state index < -0.39 is 41.6 Å². The highest BCUT2D eigenvalue weighted by Crippen LogP contribution is 2.47. The third kappa shape index (κ3) is 6.17. The number of aliphatic hydroxyl groups is 2. The van der Waals surface area contributed by atoms with E-state index in [4.69, 9.17) is 23.8 Å². The Balaban J connectivity index is 1.54. The summed E-state index contributed by atoms with van der Waals surface area (Å²) in [6, 6.07) is 0. The number of hydrogen-bond acceptors (Lipinski definition) is 9. The van der Waals surface area contributed by atoms with Crippen molar-refractivity contribution in [2.24, 2.45) is 22.9 Å². The van der Waals surface area contributed by atoms with Crippen LogP contribution < -0.4 is 0 Å². The van der Waals surface area contributed by atoms with Crippen LogP contribution >= 0.6 is 0 Å². The van der Waals surface area contributed by atoms with Gasteiger partial charge in [0.15, 0.2) is 5.79 Å². The Morgan fingerprint density at radius 3 is 2.81 bits per heavy atom. The van der Waals surface area contributed by atoms with Gasteiger partial charge < -0.3 is 34.0 Å². The molecule has 5 rings (SSSR count). The molecule has 2 N–H and O–H groups in total. The number of carbonyl (C=O) groups excluding carboxylic acids is 1. The van der Waals surface area contributed by atoms with Crippen LogP contribution in [0.2, 0.25) is 0 Å². The SMILES string of the molecule is CC[C@H]1O[C@]2(CC[C@@H]1C)C[C@@H]1C[C@@H](C/C=C(\C)C[C@@H](C)/C=C/C=C3\CO[C@@H]4[C@H](O)C(/C=N/OC)=C[C@@H](C(=O)O1)[C@]34O)O2. The molecule has 232 valence electrons. The Morgan fingerprint density at radius 1 is 1.24 bits per heavy atom. The van der Waals surface area contributed by atoms with Crippen molar-refractivity contribution in [2.75, 3.05) is 13.7 Å². The maximum absolute atomic E-state index is 14.1. The summed E-state index contributed by atoms with van der Waals surface area (Å²) in [7, 11) is 1.40. The Labute approximate surface area is 249 Å². The van der Waals surface area contributed by atoms with Gasteiger partial charge in [0, 0.05) is 24.8 Å². The summed E-state index contributed by atoms with van der Waals surface area (Å²) in [5.41, 5.74) is 0.327. The van der Waals surface area contributed by atoms with Gasteiger partial charge in [-0.15, -0.1) is 0 Å². The fourth-order valence-corrected chi connectivity index (χ4v) is 7.32. The van der Waals surface area contributed by atoms with Gasteiger partial charge in [-0.2, -0.15) is 0 Å². The number of fused-ring (bicyclic) bond motifs is 2. The molecule has 9 heteroatoms. The minimum atomic E-state index is -1.78. The predicted octanol–water partition coefficient (Wildman–Crippen LogP) is 4.54. The summed E-state index contributed by atoms with van der Waals surface area (Å²) >= 11 is 0. The molecule has 5 aliphatic rings. The Kier molecular flexibility index (Phi) is 9.45. The molecule has 2 bridgehead atoms. The van der Waals surface area contributed by atoms with Crippen LogP contribution in [0.25, 0.3) is 0 Å². The van der Waals surface area contributed by atoms with Crippen molar-refractivity contribution >= 4 is 12.2 Å². The lowest BCUT2D eigenvalue weighted by molar-refractivity contribution is -0.335. The summed E-state index contributed by atoms with van der Waals surface area (Å²) < 4.78 is 25.5. The molecule has 0 amide bonds. The van der Waals surface area contributed by atoms with Crippen molar-refractivity contribution in [1.29, 1.82) is 0 Å². The predicted molar refractivity (Wildman–Crippen MR) is 157 cm³/mol. The van der Waals surface area contributed by atoms with E-state index in [0.29, 0.717) is 36.3 Å². The average molecular weight is 586 g/mol. The van der Waals surface area contributed by atoms with Crippen molar-refractivity contribution in [1.82, 2.24) is 0 Å². The second-order valence-corrected chi connectivity index (χ2v) is 12.8. The molecule has 42 heavy (non-hydrogen) atoms. The maximum atomic E-state index is 14.1. The van der Waals surface area contributed by atoms with E-state index in [1.54, 1.807) is 6.08 Å². The first-order valence-electron chi connectivity index (χ1n) is 15.5. The number of ether oxygens (including phenoxy) is 4. The molecule has 0 aromatic rings. The first kappa shape index (κ1) is 31.1. The van der Waals surface area contributed by atoms with Gasteiger partial charge in [0.2, 0.25) is 0 Å². The fraction of sp³-hybridized carbons (Fsp3) is 0.697. The second kappa shape index (κ2) is 12.7. The van der Waals surface area contributed by atoms with Gasteiger partial charge in [-0.1, -0.05) is 61.9 Å². The number of rotatable bonds is 3. The van der Waals surface area contributed by atoms with Crippen LogP contribution in [0.15, 0.2) is 52.3 Å². The zero-order valence-corrected chi connectivity index (χ0v) is 25.5. The maximum Gasteiger partial charge on any atom is 0.316 e. The number of oxime groups is 1. The average Bonchev–Trinajstić information content (AvgIpc) is 3.29. The van der Waals surface area contributed by atoms with E-state index in [2.05, 4.69) is 45.0 Å². The summed E-state index contributed by atoms with van der Waals surface area (Å²) in [6.07, 6.45) is 13.2. The minimum absolute atomic E-state index is 0.0758.